The van der Waals surface area contributed by atoms with E-state index in [2.05, 4.69) is 10.6 Å². The first-order valence-electron chi connectivity index (χ1n) is 7.77. The van der Waals surface area contributed by atoms with Crippen LogP contribution in [0.1, 0.15) is 44.1 Å². The number of anilines is 1. The lowest BCUT2D eigenvalue weighted by Crippen LogP contribution is -2.36. The van der Waals surface area contributed by atoms with Gasteiger partial charge in [-0.05, 0) is 25.0 Å². The number of carbonyl (C=O) groups excluding carboxylic acids is 1. The minimum absolute atomic E-state index is 0.0206. The van der Waals surface area contributed by atoms with Crippen LogP contribution in [0.3, 0.4) is 0 Å². The molecule has 1 amide bonds. The number of hydrogen-bond donors (Lipinski definition) is 2. The molecule has 0 unspecified atom stereocenters. The van der Waals surface area contributed by atoms with Crippen molar-refractivity contribution in [2.24, 2.45) is 0 Å². The first-order chi connectivity index (χ1) is 10.9. The molecule has 0 heterocycles. The second kappa shape index (κ2) is 8.02. The molecule has 128 valence electrons. The standard InChI is InChI=1S/C16H20ClF3N2O/c17-13-9-5-8-12(16(18,19)20)15(13)22-14(23)10-21-11-6-3-1-2-4-7-11/h5,8-9,11,21H,1-4,6-7,10H2,(H,22,23). The maximum Gasteiger partial charge on any atom is 0.418 e. The van der Waals surface area contributed by atoms with Crippen LogP contribution in [0.4, 0.5) is 18.9 Å². The summed E-state index contributed by atoms with van der Waals surface area (Å²) in [6.45, 7) is -0.0206. The second-order valence-corrected chi connectivity index (χ2v) is 6.18. The predicted molar refractivity (Wildman–Crippen MR) is 84.6 cm³/mol. The van der Waals surface area contributed by atoms with Gasteiger partial charge in [0.15, 0.2) is 0 Å². The van der Waals surface area contributed by atoms with Crippen LogP contribution in [-0.2, 0) is 11.0 Å². The molecule has 1 aliphatic carbocycles. The number of carbonyl (C=O) groups is 1. The molecule has 1 aliphatic rings. The van der Waals surface area contributed by atoms with Crippen LogP contribution in [0.5, 0.6) is 0 Å². The van der Waals surface area contributed by atoms with E-state index < -0.39 is 17.6 Å². The first kappa shape index (κ1) is 18.1. The summed E-state index contributed by atoms with van der Waals surface area (Å²) in [6.07, 6.45) is 2.03. The molecule has 0 aliphatic heterocycles. The average Bonchev–Trinajstić information content (AvgIpc) is 2.75. The summed E-state index contributed by atoms with van der Waals surface area (Å²) in [6, 6.07) is 3.69. The fourth-order valence-electron chi connectivity index (χ4n) is 2.79. The Balaban J connectivity index is 1.97. The highest BCUT2D eigenvalue weighted by Crippen LogP contribution is 2.38. The maximum absolute atomic E-state index is 13.0. The molecule has 1 aromatic carbocycles. The summed E-state index contributed by atoms with van der Waals surface area (Å²) >= 11 is 5.81. The number of hydrogen-bond acceptors (Lipinski definition) is 2. The highest BCUT2D eigenvalue weighted by molar-refractivity contribution is 6.34. The number of alkyl halides is 3. The normalized spacial score (nSPS) is 16.9. The molecule has 1 aromatic rings. The van der Waals surface area contributed by atoms with Crippen LogP contribution < -0.4 is 10.6 Å². The van der Waals surface area contributed by atoms with E-state index in [1.54, 1.807) is 0 Å². The molecule has 3 nitrogen and oxygen atoms in total. The number of para-hydroxylation sites is 1. The maximum atomic E-state index is 13.0. The molecular weight excluding hydrogens is 329 g/mol. The fraction of sp³-hybridized carbons (Fsp3) is 0.562. The topological polar surface area (TPSA) is 41.1 Å². The molecule has 0 atom stereocenters. The smallest absolute Gasteiger partial charge is 0.323 e. The van der Waals surface area contributed by atoms with Crippen molar-refractivity contribution in [3.8, 4) is 0 Å². The summed E-state index contributed by atoms with van der Waals surface area (Å²) < 4.78 is 38.9. The van der Waals surface area contributed by atoms with Crippen LogP contribution in [0.2, 0.25) is 5.02 Å². The number of nitrogens with one attached hydrogen (secondary N) is 2. The molecular formula is C16H20ClF3N2O. The third kappa shape index (κ3) is 5.39. The third-order valence-electron chi connectivity index (χ3n) is 3.99. The largest absolute Gasteiger partial charge is 0.418 e. The Kier molecular flexibility index (Phi) is 6.30. The van der Waals surface area contributed by atoms with Gasteiger partial charge in [-0.25, -0.2) is 0 Å². The molecule has 23 heavy (non-hydrogen) atoms. The lowest BCUT2D eigenvalue weighted by Gasteiger charge is -2.18. The van der Waals surface area contributed by atoms with E-state index in [-0.39, 0.29) is 23.3 Å². The van der Waals surface area contributed by atoms with E-state index in [0.717, 1.165) is 31.7 Å². The Hall–Kier alpha value is -1.27. The van der Waals surface area contributed by atoms with Gasteiger partial charge in [-0.1, -0.05) is 43.4 Å². The van der Waals surface area contributed by atoms with Crippen LogP contribution in [0, 0.1) is 0 Å². The fourth-order valence-corrected chi connectivity index (χ4v) is 3.01. The van der Waals surface area contributed by atoms with Crippen molar-refractivity contribution in [2.45, 2.75) is 50.7 Å². The minimum Gasteiger partial charge on any atom is -0.323 e. The Morgan fingerprint density at radius 1 is 1.17 bits per heavy atom. The average molecular weight is 349 g/mol. The third-order valence-corrected chi connectivity index (χ3v) is 4.30. The molecule has 1 saturated carbocycles. The van der Waals surface area contributed by atoms with Gasteiger partial charge < -0.3 is 10.6 Å². The number of amides is 1. The van der Waals surface area contributed by atoms with Crippen LogP contribution in [0.15, 0.2) is 18.2 Å². The minimum atomic E-state index is -4.57. The van der Waals surface area contributed by atoms with Gasteiger partial charge in [-0.2, -0.15) is 13.2 Å². The summed E-state index contributed by atoms with van der Waals surface area (Å²) in [7, 11) is 0. The molecule has 7 heteroatoms. The highest BCUT2D eigenvalue weighted by Gasteiger charge is 2.34. The summed E-state index contributed by atoms with van der Waals surface area (Å²) in [5.41, 5.74) is -1.32. The molecule has 0 aromatic heterocycles. The summed E-state index contributed by atoms with van der Waals surface area (Å²) in [5.74, 6) is -0.521. The zero-order chi connectivity index (χ0) is 16.9. The highest BCUT2D eigenvalue weighted by atomic mass is 35.5. The summed E-state index contributed by atoms with van der Waals surface area (Å²) in [4.78, 5) is 12.0. The van der Waals surface area contributed by atoms with Gasteiger partial charge in [0.2, 0.25) is 5.91 Å². The Morgan fingerprint density at radius 3 is 2.43 bits per heavy atom. The van der Waals surface area contributed by atoms with E-state index in [1.807, 2.05) is 0 Å². The van der Waals surface area contributed by atoms with E-state index in [9.17, 15) is 18.0 Å². The van der Waals surface area contributed by atoms with E-state index in [0.29, 0.717) is 0 Å². The number of rotatable bonds is 4. The van der Waals surface area contributed by atoms with Crippen molar-refractivity contribution >= 4 is 23.2 Å². The van der Waals surface area contributed by atoms with Gasteiger partial charge in [0, 0.05) is 6.04 Å². The lowest BCUT2D eigenvalue weighted by molar-refractivity contribution is -0.137. The SMILES string of the molecule is O=C(CNC1CCCCCC1)Nc1c(Cl)cccc1C(F)(F)F. The van der Waals surface area contributed by atoms with Crippen molar-refractivity contribution in [1.82, 2.24) is 5.32 Å². The van der Waals surface area contributed by atoms with Gasteiger partial charge in [0.25, 0.3) is 0 Å². The van der Waals surface area contributed by atoms with E-state index in [1.165, 1.54) is 25.0 Å². The molecule has 2 N–H and O–H groups in total. The number of benzene rings is 1. The van der Waals surface area contributed by atoms with Gasteiger partial charge in [0.05, 0.1) is 22.8 Å². The molecule has 0 saturated heterocycles. The van der Waals surface area contributed by atoms with Crippen molar-refractivity contribution in [3.63, 3.8) is 0 Å². The van der Waals surface area contributed by atoms with Crippen LogP contribution >= 0.6 is 11.6 Å². The summed E-state index contributed by atoms with van der Waals surface area (Å²) in [5, 5.41) is 5.29. The molecule has 0 spiro atoms. The van der Waals surface area contributed by atoms with E-state index >= 15 is 0 Å². The van der Waals surface area contributed by atoms with Gasteiger partial charge in [0.1, 0.15) is 0 Å². The number of halogens is 4. The van der Waals surface area contributed by atoms with Gasteiger partial charge >= 0.3 is 6.18 Å². The zero-order valence-electron chi connectivity index (χ0n) is 12.7. The van der Waals surface area contributed by atoms with Crippen molar-refractivity contribution in [2.75, 3.05) is 11.9 Å². The molecule has 1 fully saturated rings. The molecule has 0 radical (unpaired) electrons. The quantitative estimate of drug-likeness (QED) is 0.780. The zero-order valence-corrected chi connectivity index (χ0v) is 13.4. The Morgan fingerprint density at radius 2 is 1.83 bits per heavy atom. The molecule has 2 rings (SSSR count). The van der Waals surface area contributed by atoms with Crippen molar-refractivity contribution in [1.29, 1.82) is 0 Å². The second-order valence-electron chi connectivity index (χ2n) is 5.78. The van der Waals surface area contributed by atoms with E-state index in [4.69, 9.17) is 11.6 Å². The monoisotopic (exact) mass is 348 g/mol. The van der Waals surface area contributed by atoms with Crippen LogP contribution in [-0.4, -0.2) is 18.5 Å². The van der Waals surface area contributed by atoms with Gasteiger partial charge in [-0.3, -0.25) is 4.79 Å². The Labute approximate surface area is 138 Å². The van der Waals surface area contributed by atoms with Crippen molar-refractivity contribution in [3.05, 3.63) is 28.8 Å². The first-order valence-corrected chi connectivity index (χ1v) is 8.14. The van der Waals surface area contributed by atoms with Crippen molar-refractivity contribution < 1.29 is 18.0 Å². The lowest BCUT2D eigenvalue weighted by atomic mass is 10.1. The van der Waals surface area contributed by atoms with Crippen LogP contribution in [0.25, 0.3) is 0 Å². The van der Waals surface area contributed by atoms with Gasteiger partial charge in [-0.15, -0.1) is 0 Å². The Bertz CT molecular complexity index is 541. The molecule has 0 bridgehead atoms. The predicted octanol–water partition coefficient (Wildman–Crippen LogP) is 4.61.